The maximum Gasteiger partial charge on any atom is 0.357 e. The number of nitrogens with one attached hydrogen (secondary N) is 1. The molecule has 126 valence electrons. The van der Waals surface area contributed by atoms with Crippen LogP contribution in [0.4, 0.5) is 5.13 Å². The Bertz CT molecular complexity index is 770. The topological polar surface area (TPSA) is 72.8 Å². The molecule has 2 aromatic rings. The fourth-order valence-corrected chi connectivity index (χ4v) is 3.24. The predicted octanol–water partition coefficient (Wildman–Crippen LogP) is 3.48. The number of aryl methyl sites for hydroxylation is 1. The molecule has 24 heavy (non-hydrogen) atoms. The zero-order valence-electron chi connectivity index (χ0n) is 13.7. The van der Waals surface area contributed by atoms with Crippen LogP contribution < -0.4 is 10.2 Å². The molecule has 1 aliphatic carbocycles. The lowest BCUT2D eigenvalue weighted by atomic mass is 9.90. The van der Waals surface area contributed by atoms with Crippen LogP contribution in [0.15, 0.2) is 28.7 Å². The first-order valence-corrected chi connectivity index (χ1v) is 8.71. The second-order valence-corrected chi connectivity index (χ2v) is 6.16. The van der Waals surface area contributed by atoms with Crippen LogP contribution in [0.3, 0.4) is 0 Å². The smallest absolute Gasteiger partial charge is 0.357 e. The van der Waals surface area contributed by atoms with Crippen molar-refractivity contribution in [2.45, 2.75) is 26.2 Å². The van der Waals surface area contributed by atoms with Crippen molar-refractivity contribution >= 4 is 28.1 Å². The molecule has 0 fully saturated rings. The molecule has 1 aliphatic rings. The Morgan fingerprint density at radius 2 is 2.29 bits per heavy atom. The van der Waals surface area contributed by atoms with E-state index in [0.717, 1.165) is 36.3 Å². The normalized spacial score (nSPS) is 15.0. The maximum atomic E-state index is 11.6. The molecule has 0 saturated heterocycles. The van der Waals surface area contributed by atoms with E-state index in [1.54, 1.807) is 19.4 Å². The lowest BCUT2D eigenvalue weighted by molar-refractivity contribution is 0.0520. The highest BCUT2D eigenvalue weighted by molar-refractivity contribution is 7.13. The summed E-state index contributed by atoms with van der Waals surface area (Å²) in [6.45, 7) is 2.10. The number of benzene rings is 1. The molecule has 0 saturated carbocycles. The quantitative estimate of drug-likeness (QED) is 0.663. The van der Waals surface area contributed by atoms with Gasteiger partial charge in [-0.2, -0.15) is 5.10 Å². The molecular weight excluding hydrogens is 326 g/mol. The minimum absolute atomic E-state index is 0.304. The number of thiazole rings is 1. The summed E-state index contributed by atoms with van der Waals surface area (Å²) in [7, 11) is 1.67. The van der Waals surface area contributed by atoms with E-state index in [1.165, 1.54) is 16.9 Å². The van der Waals surface area contributed by atoms with Crippen LogP contribution in [0.5, 0.6) is 5.75 Å². The molecule has 0 amide bonds. The van der Waals surface area contributed by atoms with E-state index in [0.29, 0.717) is 17.4 Å². The number of fused-ring (bicyclic) bond motifs is 1. The van der Waals surface area contributed by atoms with Crippen LogP contribution in [0.1, 0.15) is 41.4 Å². The van der Waals surface area contributed by atoms with Crippen molar-refractivity contribution in [2.24, 2.45) is 5.10 Å². The molecule has 3 rings (SSSR count). The molecule has 0 unspecified atom stereocenters. The van der Waals surface area contributed by atoms with Gasteiger partial charge in [0.1, 0.15) is 5.75 Å². The van der Waals surface area contributed by atoms with Crippen molar-refractivity contribution in [2.75, 3.05) is 19.1 Å². The summed E-state index contributed by atoms with van der Waals surface area (Å²) in [6, 6.07) is 6.05. The fourth-order valence-electron chi connectivity index (χ4n) is 2.62. The van der Waals surface area contributed by atoms with Crippen molar-refractivity contribution in [1.29, 1.82) is 0 Å². The largest absolute Gasteiger partial charge is 0.497 e. The standard InChI is InChI=1S/C17H19N3O3S/c1-3-23-16(21)15-10-24-17(18-15)20-19-14-6-4-5-11-9-12(22-2)7-8-13(11)14/h7-10H,3-6H2,1-2H3,(H,18,20)/b19-14+. The number of rotatable bonds is 5. The van der Waals surface area contributed by atoms with Crippen LogP contribution in [-0.4, -0.2) is 30.4 Å². The second-order valence-electron chi connectivity index (χ2n) is 5.31. The number of carbonyl (C=O) groups is 1. The molecule has 0 aliphatic heterocycles. The number of carbonyl (C=O) groups excluding carboxylic acids is 1. The third-order valence-corrected chi connectivity index (χ3v) is 4.51. The van der Waals surface area contributed by atoms with Crippen LogP contribution in [-0.2, 0) is 11.2 Å². The molecule has 0 spiro atoms. The van der Waals surface area contributed by atoms with E-state index < -0.39 is 5.97 Å². The van der Waals surface area contributed by atoms with E-state index in [-0.39, 0.29) is 0 Å². The average molecular weight is 345 g/mol. The van der Waals surface area contributed by atoms with Gasteiger partial charge in [-0.15, -0.1) is 11.3 Å². The molecule has 1 aromatic heterocycles. The van der Waals surface area contributed by atoms with Gasteiger partial charge in [0.2, 0.25) is 5.13 Å². The number of ether oxygens (including phenoxy) is 2. The molecule has 0 radical (unpaired) electrons. The maximum absolute atomic E-state index is 11.6. The lowest BCUT2D eigenvalue weighted by Gasteiger charge is -2.18. The molecule has 6 nitrogen and oxygen atoms in total. The monoisotopic (exact) mass is 345 g/mol. The number of esters is 1. The Labute approximate surface area is 144 Å². The van der Waals surface area contributed by atoms with Gasteiger partial charge in [0.25, 0.3) is 0 Å². The summed E-state index contributed by atoms with van der Waals surface area (Å²) >= 11 is 1.33. The van der Waals surface area contributed by atoms with Gasteiger partial charge in [-0.25, -0.2) is 9.78 Å². The summed E-state index contributed by atoms with van der Waals surface area (Å²) in [4.78, 5) is 15.8. The number of nitrogens with zero attached hydrogens (tertiary/aromatic N) is 2. The number of hydrazone groups is 1. The molecule has 1 aromatic carbocycles. The van der Waals surface area contributed by atoms with Crippen molar-refractivity contribution in [3.63, 3.8) is 0 Å². The van der Waals surface area contributed by atoms with Crippen molar-refractivity contribution in [1.82, 2.24) is 4.98 Å². The van der Waals surface area contributed by atoms with Crippen LogP contribution in [0.2, 0.25) is 0 Å². The highest BCUT2D eigenvalue weighted by Gasteiger charge is 2.17. The van der Waals surface area contributed by atoms with Gasteiger partial charge in [0.05, 0.1) is 19.4 Å². The SMILES string of the molecule is CCOC(=O)c1csc(N/N=C2\CCCc3cc(OC)ccc32)n1. The minimum Gasteiger partial charge on any atom is -0.497 e. The van der Waals surface area contributed by atoms with E-state index in [4.69, 9.17) is 9.47 Å². The first-order valence-electron chi connectivity index (χ1n) is 7.83. The highest BCUT2D eigenvalue weighted by Crippen LogP contribution is 2.26. The molecule has 0 bridgehead atoms. The van der Waals surface area contributed by atoms with Gasteiger partial charge >= 0.3 is 5.97 Å². The van der Waals surface area contributed by atoms with E-state index in [1.807, 2.05) is 12.1 Å². The molecule has 1 N–H and O–H groups in total. The first-order chi connectivity index (χ1) is 11.7. The van der Waals surface area contributed by atoms with Crippen LogP contribution in [0, 0.1) is 0 Å². The van der Waals surface area contributed by atoms with Crippen molar-refractivity contribution in [3.05, 3.63) is 40.4 Å². The third-order valence-electron chi connectivity index (χ3n) is 3.76. The summed E-state index contributed by atoms with van der Waals surface area (Å²) in [5.74, 6) is 0.450. The van der Waals surface area contributed by atoms with Crippen molar-refractivity contribution < 1.29 is 14.3 Å². The average Bonchev–Trinajstić information content (AvgIpc) is 3.08. The summed E-state index contributed by atoms with van der Waals surface area (Å²) in [5, 5.41) is 6.73. The van der Waals surface area contributed by atoms with Gasteiger partial charge < -0.3 is 9.47 Å². The Hall–Kier alpha value is -2.41. The van der Waals surface area contributed by atoms with Gasteiger partial charge in [-0.05, 0) is 49.9 Å². The van der Waals surface area contributed by atoms with Gasteiger partial charge in [-0.3, -0.25) is 5.43 Å². The third kappa shape index (κ3) is 3.56. The molecule has 0 atom stereocenters. The van der Waals surface area contributed by atoms with Crippen LogP contribution >= 0.6 is 11.3 Å². The van der Waals surface area contributed by atoms with Crippen LogP contribution in [0.25, 0.3) is 0 Å². The molecule has 7 heteroatoms. The van der Waals surface area contributed by atoms with Crippen molar-refractivity contribution in [3.8, 4) is 5.75 Å². The zero-order valence-corrected chi connectivity index (χ0v) is 14.5. The van der Waals surface area contributed by atoms with E-state index in [9.17, 15) is 4.79 Å². The molecule has 1 heterocycles. The second kappa shape index (κ2) is 7.44. The fraction of sp³-hybridized carbons (Fsp3) is 0.353. The Balaban J connectivity index is 1.75. The number of methoxy groups -OCH3 is 1. The Morgan fingerprint density at radius 1 is 1.42 bits per heavy atom. The van der Waals surface area contributed by atoms with Gasteiger partial charge in [-0.1, -0.05) is 0 Å². The number of hydrogen-bond donors (Lipinski definition) is 1. The summed E-state index contributed by atoms with van der Waals surface area (Å²) in [6.07, 6.45) is 2.98. The zero-order chi connectivity index (χ0) is 16.9. The summed E-state index contributed by atoms with van der Waals surface area (Å²) < 4.78 is 10.2. The first kappa shape index (κ1) is 16.4. The highest BCUT2D eigenvalue weighted by atomic mass is 32.1. The van der Waals surface area contributed by atoms with E-state index in [2.05, 4.69) is 21.6 Å². The number of aromatic nitrogens is 1. The summed E-state index contributed by atoms with van der Waals surface area (Å²) in [5.41, 5.74) is 6.63. The predicted molar refractivity (Wildman–Crippen MR) is 94.2 cm³/mol. The number of anilines is 1. The Kier molecular flexibility index (Phi) is 5.10. The van der Waals surface area contributed by atoms with Gasteiger partial charge in [0, 0.05) is 10.9 Å². The lowest BCUT2D eigenvalue weighted by Crippen LogP contribution is -2.13. The number of hydrogen-bond acceptors (Lipinski definition) is 7. The van der Waals surface area contributed by atoms with E-state index >= 15 is 0 Å². The minimum atomic E-state index is -0.412. The Morgan fingerprint density at radius 3 is 3.08 bits per heavy atom. The van der Waals surface area contributed by atoms with Gasteiger partial charge in [0.15, 0.2) is 5.69 Å². The molecular formula is C17H19N3O3S.